The van der Waals surface area contributed by atoms with Crippen LogP contribution in [0.1, 0.15) is 51.0 Å². The summed E-state index contributed by atoms with van der Waals surface area (Å²) in [5.74, 6) is 1.35. The minimum Gasteiger partial charge on any atom is -0.497 e. The summed E-state index contributed by atoms with van der Waals surface area (Å²) in [6.45, 7) is 2.36. The molecule has 7 heteroatoms. The first kappa shape index (κ1) is 25.4. The van der Waals surface area contributed by atoms with Gasteiger partial charge in [0.2, 0.25) is 11.8 Å². The first-order chi connectivity index (χ1) is 16.0. The molecule has 0 bridgehead atoms. The number of hydrogen-bond donors (Lipinski definition) is 1. The summed E-state index contributed by atoms with van der Waals surface area (Å²) in [5.41, 5.74) is 0.974. The maximum absolute atomic E-state index is 13.3. The number of benzene rings is 2. The zero-order valence-electron chi connectivity index (χ0n) is 19.4. The fourth-order valence-electron chi connectivity index (χ4n) is 4.15. The average Bonchev–Trinajstić information content (AvgIpc) is 3.33. The van der Waals surface area contributed by atoms with Gasteiger partial charge < -0.3 is 15.0 Å². The Morgan fingerprint density at radius 2 is 1.79 bits per heavy atom. The van der Waals surface area contributed by atoms with Gasteiger partial charge in [-0.15, -0.1) is 11.8 Å². The second-order valence-corrected chi connectivity index (χ2v) is 9.94. The second-order valence-electron chi connectivity index (χ2n) is 8.34. The van der Waals surface area contributed by atoms with Crippen LogP contribution >= 0.6 is 23.4 Å². The molecule has 1 unspecified atom stereocenters. The van der Waals surface area contributed by atoms with E-state index < -0.39 is 6.04 Å². The molecule has 1 atom stereocenters. The number of halogens is 1. The van der Waals surface area contributed by atoms with Crippen molar-refractivity contribution in [3.63, 3.8) is 0 Å². The van der Waals surface area contributed by atoms with Gasteiger partial charge in [0.15, 0.2) is 0 Å². The quantitative estimate of drug-likeness (QED) is 0.412. The molecule has 2 amide bonds. The zero-order valence-corrected chi connectivity index (χ0v) is 21.0. The van der Waals surface area contributed by atoms with Crippen LogP contribution in [0.25, 0.3) is 0 Å². The molecule has 0 aliphatic heterocycles. The topological polar surface area (TPSA) is 58.6 Å². The van der Waals surface area contributed by atoms with Crippen LogP contribution in [0.5, 0.6) is 5.75 Å². The molecule has 1 saturated carbocycles. The molecule has 1 N–H and O–H groups in total. The molecular formula is C26H33ClN2O3S. The van der Waals surface area contributed by atoms with Crippen LogP contribution in [0.4, 0.5) is 0 Å². The Bertz CT molecular complexity index is 899. The van der Waals surface area contributed by atoms with Crippen molar-refractivity contribution in [3.8, 4) is 5.75 Å². The van der Waals surface area contributed by atoms with E-state index >= 15 is 0 Å². The van der Waals surface area contributed by atoms with Gasteiger partial charge in [-0.2, -0.15) is 0 Å². The van der Waals surface area contributed by atoms with Gasteiger partial charge in [0.05, 0.1) is 7.11 Å². The highest BCUT2D eigenvalue weighted by molar-refractivity contribution is 7.99. The number of thioether (sulfide) groups is 1. The van der Waals surface area contributed by atoms with Gasteiger partial charge in [0, 0.05) is 34.7 Å². The lowest BCUT2D eigenvalue weighted by Gasteiger charge is -2.31. The minimum absolute atomic E-state index is 0.0132. The van der Waals surface area contributed by atoms with E-state index in [0.717, 1.165) is 41.9 Å². The lowest BCUT2D eigenvalue weighted by molar-refractivity contribution is -0.141. The number of amides is 2. The Morgan fingerprint density at radius 3 is 2.39 bits per heavy atom. The van der Waals surface area contributed by atoms with E-state index in [9.17, 15) is 9.59 Å². The molecule has 5 nitrogen and oxygen atoms in total. The van der Waals surface area contributed by atoms with E-state index in [1.54, 1.807) is 23.8 Å². The Balaban J connectivity index is 1.69. The zero-order chi connectivity index (χ0) is 23.6. The SMILES string of the molecule is CCC(C(=O)NC1CCCC1)N(Cc1ccc(OC)cc1)C(=O)CCSc1ccc(Cl)cc1. The van der Waals surface area contributed by atoms with Crippen LogP contribution in [0.3, 0.4) is 0 Å². The third-order valence-electron chi connectivity index (χ3n) is 6.00. The highest BCUT2D eigenvalue weighted by atomic mass is 35.5. The average molecular weight is 489 g/mol. The van der Waals surface area contributed by atoms with Crippen molar-refractivity contribution in [2.75, 3.05) is 12.9 Å². The Labute approximate surface area is 206 Å². The van der Waals surface area contributed by atoms with E-state index in [2.05, 4.69) is 5.32 Å². The Hall–Kier alpha value is -2.18. The van der Waals surface area contributed by atoms with Crippen molar-refractivity contribution in [2.45, 2.75) is 69.0 Å². The van der Waals surface area contributed by atoms with Gasteiger partial charge in [0.25, 0.3) is 0 Å². The van der Waals surface area contributed by atoms with Crippen molar-refractivity contribution in [1.82, 2.24) is 10.2 Å². The molecule has 178 valence electrons. The van der Waals surface area contributed by atoms with Gasteiger partial charge in [-0.25, -0.2) is 0 Å². The number of ether oxygens (including phenoxy) is 1. The molecule has 1 aliphatic rings. The van der Waals surface area contributed by atoms with Crippen LogP contribution in [0.2, 0.25) is 5.02 Å². The van der Waals surface area contributed by atoms with Gasteiger partial charge in [0.1, 0.15) is 11.8 Å². The van der Waals surface area contributed by atoms with Gasteiger partial charge >= 0.3 is 0 Å². The predicted octanol–water partition coefficient (Wildman–Crippen LogP) is 5.70. The van der Waals surface area contributed by atoms with E-state index in [0.29, 0.717) is 30.2 Å². The van der Waals surface area contributed by atoms with Crippen molar-refractivity contribution in [2.24, 2.45) is 0 Å². The van der Waals surface area contributed by atoms with E-state index in [4.69, 9.17) is 16.3 Å². The minimum atomic E-state index is -0.485. The molecule has 1 fully saturated rings. The summed E-state index contributed by atoms with van der Waals surface area (Å²) < 4.78 is 5.25. The largest absolute Gasteiger partial charge is 0.497 e. The molecule has 1 aliphatic carbocycles. The lowest BCUT2D eigenvalue weighted by Crippen LogP contribution is -2.51. The standard InChI is InChI=1S/C26H33ClN2O3S/c1-3-24(26(31)28-21-6-4-5-7-21)29(18-19-8-12-22(32-2)13-9-19)25(30)16-17-33-23-14-10-20(27)11-15-23/h8-15,21,24H,3-7,16-18H2,1-2H3,(H,28,31). The van der Waals surface area contributed by atoms with E-state index in [-0.39, 0.29) is 17.9 Å². The number of methoxy groups -OCH3 is 1. The Kier molecular flexibility index (Phi) is 9.95. The predicted molar refractivity (Wildman–Crippen MR) is 135 cm³/mol. The summed E-state index contributed by atoms with van der Waals surface area (Å²) in [6, 6.07) is 15.0. The highest BCUT2D eigenvalue weighted by Gasteiger charge is 2.30. The Morgan fingerprint density at radius 1 is 1.12 bits per heavy atom. The number of nitrogens with zero attached hydrogens (tertiary/aromatic N) is 1. The molecule has 3 rings (SSSR count). The van der Waals surface area contributed by atoms with Gasteiger partial charge in [-0.1, -0.05) is 43.5 Å². The highest BCUT2D eigenvalue weighted by Crippen LogP contribution is 2.23. The maximum Gasteiger partial charge on any atom is 0.243 e. The molecule has 2 aromatic carbocycles. The normalized spacial score (nSPS) is 14.6. The summed E-state index contributed by atoms with van der Waals surface area (Å²) in [5, 5.41) is 3.88. The van der Waals surface area contributed by atoms with Crippen molar-refractivity contribution >= 4 is 35.2 Å². The second kappa shape index (κ2) is 12.9. The monoisotopic (exact) mass is 488 g/mol. The molecule has 0 aromatic heterocycles. The molecule has 0 radical (unpaired) electrons. The first-order valence-corrected chi connectivity index (χ1v) is 13.0. The third-order valence-corrected chi connectivity index (χ3v) is 7.26. The van der Waals surface area contributed by atoms with E-state index in [1.807, 2.05) is 55.5 Å². The van der Waals surface area contributed by atoms with Gasteiger partial charge in [-0.3, -0.25) is 9.59 Å². The number of carbonyl (C=O) groups is 2. The van der Waals surface area contributed by atoms with Crippen LogP contribution in [0, 0.1) is 0 Å². The van der Waals surface area contributed by atoms with Crippen LogP contribution in [-0.2, 0) is 16.1 Å². The lowest BCUT2D eigenvalue weighted by atomic mass is 10.1. The summed E-state index contributed by atoms with van der Waals surface area (Å²) in [7, 11) is 1.63. The molecule has 0 heterocycles. The number of carbonyl (C=O) groups excluding carboxylic acids is 2. The molecule has 2 aromatic rings. The maximum atomic E-state index is 13.3. The molecular weight excluding hydrogens is 456 g/mol. The summed E-state index contributed by atoms with van der Waals surface area (Å²) in [6.07, 6.45) is 5.27. The van der Waals surface area contributed by atoms with Crippen molar-refractivity contribution in [3.05, 3.63) is 59.1 Å². The van der Waals surface area contributed by atoms with Gasteiger partial charge in [-0.05, 0) is 61.2 Å². The molecule has 0 saturated heterocycles. The molecule has 0 spiro atoms. The fourth-order valence-corrected chi connectivity index (χ4v) is 5.11. The third kappa shape index (κ3) is 7.68. The van der Waals surface area contributed by atoms with Crippen molar-refractivity contribution < 1.29 is 14.3 Å². The number of nitrogens with one attached hydrogen (secondary N) is 1. The summed E-state index contributed by atoms with van der Waals surface area (Å²) in [4.78, 5) is 29.3. The van der Waals surface area contributed by atoms with Crippen LogP contribution < -0.4 is 10.1 Å². The van der Waals surface area contributed by atoms with Crippen LogP contribution in [-0.4, -0.2) is 41.7 Å². The first-order valence-electron chi connectivity index (χ1n) is 11.6. The van der Waals surface area contributed by atoms with E-state index in [1.165, 1.54) is 0 Å². The number of rotatable bonds is 11. The fraction of sp³-hybridized carbons (Fsp3) is 0.462. The van der Waals surface area contributed by atoms with Crippen molar-refractivity contribution in [1.29, 1.82) is 0 Å². The number of hydrogen-bond acceptors (Lipinski definition) is 4. The smallest absolute Gasteiger partial charge is 0.243 e. The summed E-state index contributed by atoms with van der Waals surface area (Å²) >= 11 is 7.58. The van der Waals surface area contributed by atoms with Crippen LogP contribution in [0.15, 0.2) is 53.4 Å². The molecule has 33 heavy (non-hydrogen) atoms.